The van der Waals surface area contributed by atoms with Gasteiger partial charge in [0.25, 0.3) is 0 Å². The number of benzene rings is 1. The monoisotopic (exact) mass is 540 g/mol. The molecule has 0 radical (unpaired) electrons. The van der Waals surface area contributed by atoms with E-state index in [1.54, 1.807) is 25.3 Å². The molecule has 1 aliphatic rings. The number of fused-ring (bicyclic) bond motifs is 1. The van der Waals surface area contributed by atoms with Crippen molar-refractivity contribution < 1.29 is 27.5 Å². The van der Waals surface area contributed by atoms with Crippen LogP contribution in [0.3, 0.4) is 0 Å². The fourth-order valence-electron chi connectivity index (χ4n) is 5.48. The SMILES string of the molecule is COc1ccc(C(=O)Cc2cnc3c(c([C@@H]4CCN(C(=O)[C@H](C)C(F)(F)F)[C@@H](C)C4)cn3C)c2C)cc1C#N. The third-order valence-corrected chi connectivity index (χ3v) is 7.83. The number of hydrogen-bond donors (Lipinski definition) is 0. The minimum absolute atomic E-state index is 0.0279. The van der Waals surface area contributed by atoms with Crippen molar-refractivity contribution in [3.8, 4) is 11.8 Å². The Morgan fingerprint density at radius 2 is 2.03 bits per heavy atom. The summed E-state index contributed by atoms with van der Waals surface area (Å²) < 4.78 is 46.5. The van der Waals surface area contributed by atoms with Crippen LogP contribution in [0.15, 0.2) is 30.6 Å². The number of hydrogen-bond acceptors (Lipinski definition) is 5. The van der Waals surface area contributed by atoms with E-state index in [1.807, 2.05) is 30.8 Å². The van der Waals surface area contributed by atoms with Crippen molar-refractivity contribution in [3.63, 3.8) is 0 Å². The van der Waals surface area contributed by atoms with Crippen LogP contribution < -0.4 is 4.74 Å². The summed E-state index contributed by atoms with van der Waals surface area (Å²) in [4.78, 5) is 31.6. The van der Waals surface area contributed by atoms with Gasteiger partial charge in [0.1, 0.15) is 23.4 Å². The van der Waals surface area contributed by atoms with Gasteiger partial charge in [0.05, 0.1) is 12.7 Å². The quantitative estimate of drug-likeness (QED) is 0.387. The number of carbonyl (C=O) groups is 2. The zero-order chi connectivity index (χ0) is 28.6. The van der Waals surface area contributed by atoms with Crippen LogP contribution in [0.1, 0.15) is 65.2 Å². The summed E-state index contributed by atoms with van der Waals surface area (Å²) in [6.07, 6.45) is 0.273. The number of ether oxygens (including phenoxy) is 1. The van der Waals surface area contributed by atoms with Gasteiger partial charge in [0.2, 0.25) is 5.91 Å². The lowest BCUT2D eigenvalue weighted by Gasteiger charge is -2.39. The fourth-order valence-corrected chi connectivity index (χ4v) is 5.48. The Hall–Kier alpha value is -3.87. The maximum atomic E-state index is 13.2. The zero-order valence-corrected chi connectivity index (χ0v) is 22.6. The number of aromatic nitrogens is 2. The van der Waals surface area contributed by atoms with Gasteiger partial charge in [-0.15, -0.1) is 0 Å². The molecule has 3 atom stereocenters. The van der Waals surface area contributed by atoms with Crippen molar-refractivity contribution in [1.82, 2.24) is 14.5 Å². The standard InChI is InChI=1S/C29H31F3N4O3/c1-16-10-19(8-9-36(16)28(38)18(3)29(30,31)32)23-15-35(4)27-26(23)17(2)22(14-34-27)12-24(37)20-6-7-25(39-5)21(11-20)13-33/h6-7,11,14-16,18-19H,8-10,12H2,1-5H3/t16-,18-,19+/m0/s1. The molecule has 0 aliphatic carbocycles. The van der Waals surface area contributed by atoms with Crippen molar-refractivity contribution in [2.24, 2.45) is 13.0 Å². The predicted molar refractivity (Wildman–Crippen MR) is 140 cm³/mol. The van der Waals surface area contributed by atoms with E-state index in [4.69, 9.17) is 4.74 Å². The molecule has 1 aliphatic heterocycles. The van der Waals surface area contributed by atoms with Gasteiger partial charge in [-0.05, 0) is 74.4 Å². The Morgan fingerprint density at radius 1 is 1.31 bits per heavy atom. The maximum absolute atomic E-state index is 13.2. The molecule has 1 amide bonds. The molecular formula is C29H31F3N4O3. The van der Waals surface area contributed by atoms with Crippen LogP contribution in [-0.2, 0) is 18.3 Å². The van der Waals surface area contributed by atoms with Gasteiger partial charge in [0.15, 0.2) is 5.78 Å². The molecule has 4 rings (SSSR count). The summed E-state index contributed by atoms with van der Waals surface area (Å²) in [6, 6.07) is 6.45. The number of carbonyl (C=O) groups excluding carboxylic acids is 2. The van der Waals surface area contributed by atoms with E-state index < -0.39 is 18.0 Å². The third-order valence-electron chi connectivity index (χ3n) is 7.83. The second-order valence-corrected chi connectivity index (χ2v) is 10.3. The molecule has 1 aromatic carbocycles. The second kappa shape index (κ2) is 10.7. The molecule has 0 saturated carbocycles. The van der Waals surface area contributed by atoms with Gasteiger partial charge in [-0.1, -0.05) is 0 Å². The topological polar surface area (TPSA) is 88.2 Å². The highest BCUT2D eigenvalue weighted by Gasteiger charge is 2.45. The van der Waals surface area contributed by atoms with Crippen LogP contribution in [-0.4, -0.2) is 52.0 Å². The molecule has 3 heterocycles. The normalized spacial score (nSPS) is 18.6. The molecule has 1 fully saturated rings. The van der Waals surface area contributed by atoms with Crippen LogP contribution in [0.2, 0.25) is 0 Å². The lowest BCUT2D eigenvalue weighted by molar-refractivity contribution is -0.187. The predicted octanol–water partition coefficient (Wildman–Crippen LogP) is 5.48. The third kappa shape index (κ3) is 5.35. The number of rotatable bonds is 6. The van der Waals surface area contributed by atoms with Gasteiger partial charge < -0.3 is 14.2 Å². The summed E-state index contributed by atoms with van der Waals surface area (Å²) in [5.41, 5.74) is 4.13. The summed E-state index contributed by atoms with van der Waals surface area (Å²) in [5.74, 6) is -2.65. The van der Waals surface area contributed by atoms with Crippen LogP contribution in [0.4, 0.5) is 13.2 Å². The number of amides is 1. The Kier molecular flexibility index (Phi) is 7.73. The van der Waals surface area contributed by atoms with Crippen molar-refractivity contribution >= 4 is 22.7 Å². The highest BCUT2D eigenvalue weighted by atomic mass is 19.4. The van der Waals surface area contributed by atoms with E-state index in [0.717, 1.165) is 34.6 Å². The second-order valence-electron chi connectivity index (χ2n) is 10.3. The first-order valence-electron chi connectivity index (χ1n) is 12.8. The van der Waals surface area contributed by atoms with E-state index in [2.05, 4.69) is 4.98 Å². The Balaban J connectivity index is 1.60. The average Bonchev–Trinajstić information content (AvgIpc) is 3.25. The maximum Gasteiger partial charge on any atom is 0.400 e. The first kappa shape index (κ1) is 28.1. The highest BCUT2D eigenvalue weighted by Crippen LogP contribution is 2.39. The van der Waals surface area contributed by atoms with Crippen LogP contribution in [0, 0.1) is 24.2 Å². The van der Waals surface area contributed by atoms with Crippen molar-refractivity contribution in [3.05, 3.63) is 58.4 Å². The van der Waals surface area contributed by atoms with Gasteiger partial charge in [-0.3, -0.25) is 9.59 Å². The van der Waals surface area contributed by atoms with Gasteiger partial charge in [-0.25, -0.2) is 4.98 Å². The molecule has 2 aromatic heterocycles. The summed E-state index contributed by atoms with van der Waals surface area (Å²) in [5, 5.41) is 10.3. The summed E-state index contributed by atoms with van der Waals surface area (Å²) >= 11 is 0. The van der Waals surface area contributed by atoms with Gasteiger partial charge in [-0.2, -0.15) is 18.4 Å². The molecule has 0 spiro atoms. The van der Waals surface area contributed by atoms with E-state index in [9.17, 15) is 28.0 Å². The Bertz CT molecular complexity index is 1470. The van der Waals surface area contributed by atoms with Crippen molar-refractivity contribution in [1.29, 1.82) is 5.26 Å². The number of methoxy groups -OCH3 is 1. The number of nitriles is 1. The minimum atomic E-state index is -4.57. The van der Waals surface area contributed by atoms with Crippen LogP contribution >= 0.6 is 0 Å². The van der Waals surface area contributed by atoms with E-state index in [1.165, 1.54) is 18.1 Å². The van der Waals surface area contributed by atoms with Gasteiger partial charge in [0, 0.05) is 49.4 Å². The fraction of sp³-hybridized carbons (Fsp3) is 0.448. The van der Waals surface area contributed by atoms with Crippen molar-refractivity contribution in [2.45, 2.75) is 58.2 Å². The molecule has 0 unspecified atom stereocenters. The number of likely N-dealkylation sites (tertiary alicyclic amines) is 1. The Morgan fingerprint density at radius 3 is 2.64 bits per heavy atom. The number of pyridine rings is 1. The molecule has 3 aromatic rings. The summed E-state index contributed by atoms with van der Waals surface area (Å²) in [7, 11) is 3.35. The van der Waals surface area contributed by atoms with Crippen molar-refractivity contribution in [2.75, 3.05) is 13.7 Å². The van der Waals surface area contributed by atoms with E-state index in [-0.39, 0.29) is 36.3 Å². The first-order chi connectivity index (χ1) is 18.4. The lowest BCUT2D eigenvalue weighted by atomic mass is 9.84. The molecule has 7 nitrogen and oxygen atoms in total. The number of nitrogens with zero attached hydrogens (tertiary/aromatic N) is 4. The number of halogens is 3. The van der Waals surface area contributed by atoms with E-state index in [0.29, 0.717) is 24.2 Å². The first-order valence-corrected chi connectivity index (χ1v) is 12.8. The number of piperidine rings is 1. The van der Waals surface area contributed by atoms with E-state index >= 15 is 0 Å². The molecular weight excluding hydrogens is 509 g/mol. The van der Waals surface area contributed by atoms with Crippen LogP contribution in [0.5, 0.6) is 5.75 Å². The zero-order valence-electron chi connectivity index (χ0n) is 22.6. The molecule has 39 heavy (non-hydrogen) atoms. The molecule has 1 saturated heterocycles. The average molecular weight is 541 g/mol. The smallest absolute Gasteiger partial charge is 0.400 e. The number of alkyl halides is 3. The largest absolute Gasteiger partial charge is 0.495 e. The molecule has 206 valence electrons. The van der Waals surface area contributed by atoms with Gasteiger partial charge >= 0.3 is 6.18 Å². The number of aryl methyl sites for hydroxylation is 2. The highest BCUT2D eigenvalue weighted by molar-refractivity contribution is 5.99. The van der Waals surface area contributed by atoms with Crippen LogP contribution in [0.25, 0.3) is 11.0 Å². The summed E-state index contributed by atoms with van der Waals surface area (Å²) in [6.45, 7) is 4.89. The number of Topliss-reactive ketones (excluding diaryl/α,β-unsaturated/α-hetero) is 1. The number of ketones is 1. The lowest BCUT2D eigenvalue weighted by Crippen LogP contribution is -2.49. The molecule has 10 heteroatoms. The molecule has 0 bridgehead atoms. The minimum Gasteiger partial charge on any atom is -0.495 e. The Labute approximate surface area is 225 Å². The molecule has 0 N–H and O–H groups in total.